The highest BCUT2D eigenvalue weighted by atomic mass is 32.1. The number of carbonyl (C=O) groups excluding carboxylic acids is 8. The van der Waals surface area contributed by atoms with E-state index in [-0.39, 0.29) is 78.4 Å². The lowest BCUT2D eigenvalue weighted by Gasteiger charge is -2.33. The minimum absolute atomic E-state index is 0.0571. The van der Waals surface area contributed by atoms with E-state index in [2.05, 4.69) is 9.98 Å². The van der Waals surface area contributed by atoms with Crippen LogP contribution in [0.4, 0.5) is 19.6 Å². The molecule has 2 aromatic heterocycles. The first-order valence-corrected chi connectivity index (χ1v) is 24.4. The van der Waals surface area contributed by atoms with Gasteiger partial charge in [-0.2, -0.15) is 20.3 Å². The van der Waals surface area contributed by atoms with Gasteiger partial charge in [0, 0.05) is 22.8 Å². The Hall–Kier alpha value is -9.96. The van der Waals surface area contributed by atoms with E-state index in [0.717, 1.165) is 22.7 Å². The fourth-order valence-electron chi connectivity index (χ4n) is 7.92. The van der Waals surface area contributed by atoms with E-state index in [0.29, 0.717) is 22.3 Å². The Morgan fingerprint density at radius 2 is 0.882 bits per heavy atom. The fourth-order valence-corrected chi connectivity index (χ4v) is 10.1. The van der Waals surface area contributed by atoms with Gasteiger partial charge in [-0.3, -0.25) is 19.2 Å². The van der Waals surface area contributed by atoms with Gasteiger partial charge in [0.2, 0.25) is 0 Å². The summed E-state index contributed by atoms with van der Waals surface area (Å²) in [7, 11) is 0. The van der Waals surface area contributed by atoms with Gasteiger partial charge in [0.25, 0.3) is 23.6 Å². The van der Waals surface area contributed by atoms with Crippen LogP contribution in [0.1, 0.15) is 41.7 Å². The Kier molecular flexibility index (Phi) is 14.5. The molecule has 0 N–H and O–H groups in total. The third-order valence-electron chi connectivity index (χ3n) is 11.8. The summed E-state index contributed by atoms with van der Waals surface area (Å²) in [4.78, 5) is 122. The number of rotatable bonds is 12. The third-order valence-corrected chi connectivity index (χ3v) is 14.0. The molecule has 3 aliphatic heterocycles. The van der Waals surface area contributed by atoms with Crippen molar-refractivity contribution in [2.75, 3.05) is 0 Å². The molecule has 0 bridgehead atoms. The van der Waals surface area contributed by atoms with E-state index >= 15 is 0 Å². The second kappa shape index (κ2) is 21.6. The molecule has 0 atom stereocenters. The number of nitriles is 2. The summed E-state index contributed by atoms with van der Waals surface area (Å²) in [6.45, 7) is 1.23. The van der Waals surface area contributed by atoms with Crippen molar-refractivity contribution in [3.8, 4) is 27.6 Å². The van der Waals surface area contributed by atoms with Gasteiger partial charge in [-0.15, -0.1) is 22.7 Å². The number of benzene rings is 4. The molecular weight excluding hydrogens is 1020 g/mol. The number of amides is 6. The maximum Gasteiger partial charge on any atom is 0.424 e. The molecule has 6 aromatic rings. The summed E-state index contributed by atoms with van der Waals surface area (Å²) in [5, 5.41) is 20.0. The zero-order chi connectivity index (χ0) is 53.7. The largest absolute Gasteiger partial charge is 0.458 e. The highest BCUT2D eigenvalue weighted by molar-refractivity contribution is 7.26. The summed E-state index contributed by atoms with van der Waals surface area (Å²) < 4.78 is 28.8. The van der Waals surface area contributed by atoms with Crippen LogP contribution in [0.25, 0.3) is 9.75 Å². The molecule has 0 unspecified atom stereocenters. The van der Waals surface area contributed by atoms with Crippen molar-refractivity contribution in [1.29, 1.82) is 10.5 Å². The van der Waals surface area contributed by atoms with Gasteiger partial charge >= 0.3 is 29.7 Å². The second-order valence-corrected chi connectivity index (χ2v) is 18.7. The number of esters is 2. The molecule has 0 spiro atoms. The van der Waals surface area contributed by atoms with E-state index < -0.39 is 75.9 Å². The Labute approximate surface area is 439 Å². The van der Waals surface area contributed by atoms with Crippen molar-refractivity contribution in [2.24, 2.45) is 9.98 Å². The first-order chi connectivity index (χ1) is 36.7. The predicted octanol–water partition coefficient (Wildman–Crippen LogP) is 8.79. The number of thiophene rings is 2. The number of hydrogen-bond acceptors (Lipinski definition) is 19. The van der Waals surface area contributed by atoms with Gasteiger partial charge in [-0.05, 0) is 42.2 Å². The number of hydrogen-bond donors (Lipinski definition) is 0. The molecule has 0 radical (unpaired) electrons. The molecule has 5 heterocycles. The number of aliphatic imine (C=N–C) groups is 2. The summed E-state index contributed by atoms with van der Waals surface area (Å²) in [5.74, 6) is -7.65. The van der Waals surface area contributed by atoms with Crippen LogP contribution in [0.3, 0.4) is 0 Å². The van der Waals surface area contributed by atoms with Crippen LogP contribution in [-0.4, -0.2) is 69.0 Å². The zero-order valence-corrected chi connectivity index (χ0v) is 41.5. The first kappa shape index (κ1) is 51.0. The standard InChI is InChI=1S/C55H36N6O13S2/c1-31-37(25-56)47(62)60(53(68)72-29-35-19-11-5-12-20-35)49(64)43(31)58-41-23-39-45(75-41)46-40(74-55(39,51(66)70-27-33-15-7-3-8-16-33)52(67)71-28-34-17-9-4-10-18-34)24-42(76-46)59-44-32(2)38(26-57)48(63)61(50(44)65)54(69)73-30-36-21-13-6-14-22-36/h3-24H,27-30H2,1-2H3/b58-43-,59-44-. The molecule has 76 heavy (non-hydrogen) atoms. The molecule has 4 aromatic carbocycles. The maximum atomic E-state index is 14.9. The van der Waals surface area contributed by atoms with E-state index in [1.807, 2.05) is 0 Å². The van der Waals surface area contributed by atoms with Crippen molar-refractivity contribution < 1.29 is 62.0 Å². The molecule has 19 nitrogen and oxygen atoms in total. The Morgan fingerprint density at radius 3 is 1.26 bits per heavy atom. The van der Waals surface area contributed by atoms with Gasteiger partial charge in [-0.1, -0.05) is 121 Å². The maximum absolute atomic E-state index is 14.9. The highest BCUT2D eigenvalue weighted by Gasteiger charge is 2.59. The Bertz CT molecular complexity index is 3570. The minimum atomic E-state index is -2.80. The van der Waals surface area contributed by atoms with Crippen molar-refractivity contribution >= 4 is 91.9 Å². The Morgan fingerprint density at radius 1 is 0.526 bits per heavy atom. The number of nitrogens with zero attached hydrogens (tertiary/aromatic N) is 6. The number of imide groups is 6. The van der Waals surface area contributed by atoms with Crippen LogP contribution in [0.15, 0.2) is 166 Å². The van der Waals surface area contributed by atoms with Crippen LogP contribution in [0, 0.1) is 22.7 Å². The molecule has 376 valence electrons. The molecule has 9 rings (SSSR count). The smallest absolute Gasteiger partial charge is 0.424 e. The van der Waals surface area contributed by atoms with Gasteiger partial charge in [0.15, 0.2) is 0 Å². The average Bonchev–Trinajstić information content (AvgIpc) is 4.10. The van der Waals surface area contributed by atoms with Crippen molar-refractivity contribution in [3.05, 3.63) is 184 Å². The molecule has 0 saturated heterocycles. The summed E-state index contributed by atoms with van der Waals surface area (Å²) in [6, 6.07) is 39.9. The molecule has 0 saturated carbocycles. The molecular formula is C55H36N6O13S2. The van der Waals surface area contributed by atoms with Crippen molar-refractivity contribution in [2.45, 2.75) is 45.9 Å². The molecule has 21 heteroatoms. The predicted molar refractivity (Wildman–Crippen MR) is 270 cm³/mol. The van der Waals surface area contributed by atoms with Gasteiger partial charge in [0.1, 0.15) is 76.9 Å². The zero-order valence-electron chi connectivity index (χ0n) is 39.8. The summed E-state index contributed by atoms with van der Waals surface area (Å²) >= 11 is 1.66. The van der Waals surface area contributed by atoms with E-state index in [4.69, 9.17) is 23.7 Å². The van der Waals surface area contributed by atoms with Crippen LogP contribution in [0.5, 0.6) is 5.75 Å². The monoisotopic (exact) mass is 1050 g/mol. The lowest BCUT2D eigenvalue weighted by molar-refractivity contribution is -0.183. The van der Waals surface area contributed by atoms with Crippen LogP contribution in [-0.2, 0) is 79.7 Å². The second-order valence-electron chi connectivity index (χ2n) is 16.6. The molecule has 3 aliphatic rings. The summed E-state index contributed by atoms with van der Waals surface area (Å²) in [5.41, 5.74) is -3.45. The lowest BCUT2D eigenvalue weighted by Crippen LogP contribution is -2.52. The normalized spacial score (nSPS) is 15.8. The van der Waals surface area contributed by atoms with Crippen molar-refractivity contribution in [1.82, 2.24) is 9.80 Å². The van der Waals surface area contributed by atoms with E-state index in [1.165, 1.54) is 26.0 Å². The lowest BCUT2D eigenvalue weighted by atomic mass is 9.91. The SMILES string of the molecule is CC1=C(C#N)C(=O)N(C(=O)OCc2ccccc2)C(=O)/C1=N\c1cc2c(s1)-c1sc(/N=C3\C(=O)N(C(=O)OCc4ccccc4)C(=O)C(C#N)=C3C)cc1C(C(=O)OCc1ccccc1)(C(=O)OCc1ccccc1)O2. The molecule has 0 fully saturated rings. The fraction of sp³-hybridized carbons (Fsp3) is 0.127. The van der Waals surface area contributed by atoms with Crippen LogP contribution in [0.2, 0.25) is 0 Å². The van der Waals surface area contributed by atoms with Crippen LogP contribution >= 0.6 is 22.7 Å². The molecule has 0 aliphatic carbocycles. The van der Waals surface area contributed by atoms with E-state index in [9.17, 15) is 48.9 Å². The van der Waals surface area contributed by atoms with Crippen LogP contribution < -0.4 is 4.74 Å². The van der Waals surface area contributed by atoms with Gasteiger partial charge in [-0.25, -0.2) is 29.2 Å². The van der Waals surface area contributed by atoms with Gasteiger partial charge < -0.3 is 23.7 Å². The topological polar surface area (TPSA) is 261 Å². The van der Waals surface area contributed by atoms with E-state index in [1.54, 1.807) is 133 Å². The third kappa shape index (κ3) is 9.81. The quantitative estimate of drug-likeness (QED) is 0.0480. The minimum Gasteiger partial charge on any atom is -0.458 e. The number of fused-ring (bicyclic) bond motifs is 3. The highest BCUT2D eigenvalue weighted by Crippen LogP contribution is 2.57. The average molecular weight is 1050 g/mol. The molecule has 6 amide bonds. The van der Waals surface area contributed by atoms with Gasteiger partial charge in [0.05, 0.1) is 9.75 Å². The first-order valence-electron chi connectivity index (χ1n) is 22.7. The summed E-state index contributed by atoms with van der Waals surface area (Å²) in [6.07, 6.45) is -2.75. The Balaban J connectivity index is 1.16. The number of ether oxygens (including phenoxy) is 5. The van der Waals surface area contributed by atoms with Crippen molar-refractivity contribution in [3.63, 3.8) is 0 Å². The number of carbonyl (C=O) groups is 8.